The summed E-state index contributed by atoms with van der Waals surface area (Å²) in [6.45, 7) is 3.13. The molecule has 0 radical (unpaired) electrons. The zero-order chi connectivity index (χ0) is 20.5. The van der Waals surface area contributed by atoms with Crippen molar-refractivity contribution in [1.82, 2.24) is 15.5 Å². The van der Waals surface area contributed by atoms with Crippen LogP contribution in [0.4, 0.5) is 0 Å². The summed E-state index contributed by atoms with van der Waals surface area (Å²) in [6, 6.07) is 15.7. The quantitative estimate of drug-likeness (QED) is 0.559. The van der Waals surface area contributed by atoms with Crippen LogP contribution in [0.3, 0.4) is 0 Å². The van der Waals surface area contributed by atoms with Crippen LogP contribution in [0.25, 0.3) is 0 Å². The maximum Gasteiger partial charge on any atom is 0.253 e. The Morgan fingerprint density at radius 2 is 1.76 bits per heavy atom. The first-order valence-electron chi connectivity index (χ1n) is 10.2. The summed E-state index contributed by atoms with van der Waals surface area (Å²) in [6.07, 6.45) is 4.27. The predicted octanol–water partition coefficient (Wildman–Crippen LogP) is 3.87. The van der Waals surface area contributed by atoms with Gasteiger partial charge in [0.25, 0.3) is 5.91 Å². The molecule has 1 amide bonds. The van der Waals surface area contributed by atoms with Crippen molar-refractivity contribution >= 4 is 23.5 Å². The molecule has 0 aromatic heterocycles. The molecular weight excluding hydrogens is 384 g/mol. The Balaban J connectivity index is 1.45. The van der Waals surface area contributed by atoms with Gasteiger partial charge >= 0.3 is 0 Å². The van der Waals surface area contributed by atoms with Crippen molar-refractivity contribution in [3.05, 3.63) is 70.2 Å². The summed E-state index contributed by atoms with van der Waals surface area (Å²) in [7, 11) is 1.76. The zero-order valence-electron chi connectivity index (χ0n) is 17.0. The van der Waals surface area contributed by atoms with Gasteiger partial charge in [0, 0.05) is 43.8 Å². The molecule has 1 saturated heterocycles. The molecule has 29 heavy (non-hydrogen) atoms. The Hall–Kier alpha value is -2.53. The highest BCUT2D eigenvalue weighted by Crippen LogP contribution is 2.15. The lowest BCUT2D eigenvalue weighted by Crippen LogP contribution is -2.38. The smallest absolute Gasteiger partial charge is 0.253 e. The number of rotatable bonds is 6. The van der Waals surface area contributed by atoms with Gasteiger partial charge in [0.1, 0.15) is 0 Å². The highest BCUT2D eigenvalue weighted by molar-refractivity contribution is 6.31. The molecule has 1 fully saturated rings. The lowest BCUT2D eigenvalue weighted by atomic mass is 10.1. The first-order chi connectivity index (χ1) is 14.2. The van der Waals surface area contributed by atoms with Crippen LogP contribution < -0.4 is 10.6 Å². The third-order valence-electron chi connectivity index (χ3n) is 5.17. The molecule has 3 rings (SSSR count). The van der Waals surface area contributed by atoms with E-state index in [4.69, 9.17) is 11.6 Å². The number of hydrogen-bond donors (Lipinski definition) is 2. The molecule has 0 aliphatic carbocycles. The van der Waals surface area contributed by atoms with Gasteiger partial charge in [-0.25, -0.2) is 0 Å². The number of guanidine groups is 1. The van der Waals surface area contributed by atoms with Crippen LogP contribution >= 0.6 is 11.6 Å². The third-order valence-corrected chi connectivity index (χ3v) is 5.54. The fourth-order valence-corrected chi connectivity index (χ4v) is 3.70. The standard InChI is InChI=1S/C23H29ClN4O/c1-25-23(26-14-13-19-7-3-4-8-21(19)24)27-17-18-9-11-20(12-10-18)22(29)28-15-5-2-6-16-28/h3-4,7-12H,2,5-6,13-17H2,1H3,(H2,25,26,27). The second-order valence-corrected chi connectivity index (χ2v) is 7.65. The average molecular weight is 413 g/mol. The van der Waals surface area contributed by atoms with Crippen molar-refractivity contribution in [2.24, 2.45) is 4.99 Å². The van der Waals surface area contributed by atoms with Crippen LogP contribution in [0.5, 0.6) is 0 Å². The summed E-state index contributed by atoms with van der Waals surface area (Å²) in [4.78, 5) is 18.8. The van der Waals surface area contributed by atoms with Gasteiger partial charge in [0.15, 0.2) is 5.96 Å². The fourth-order valence-electron chi connectivity index (χ4n) is 3.47. The first-order valence-corrected chi connectivity index (χ1v) is 10.6. The zero-order valence-corrected chi connectivity index (χ0v) is 17.7. The van der Waals surface area contributed by atoms with Gasteiger partial charge < -0.3 is 15.5 Å². The van der Waals surface area contributed by atoms with Crippen LogP contribution in [-0.2, 0) is 13.0 Å². The highest BCUT2D eigenvalue weighted by Gasteiger charge is 2.17. The van der Waals surface area contributed by atoms with Crippen molar-refractivity contribution < 1.29 is 4.79 Å². The number of nitrogens with one attached hydrogen (secondary N) is 2. The van der Waals surface area contributed by atoms with Crippen LogP contribution in [-0.4, -0.2) is 43.4 Å². The molecule has 2 N–H and O–H groups in total. The minimum Gasteiger partial charge on any atom is -0.356 e. The van der Waals surface area contributed by atoms with E-state index in [0.717, 1.165) is 66.6 Å². The molecule has 0 saturated carbocycles. The van der Waals surface area contributed by atoms with Gasteiger partial charge in [0.2, 0.25) is 0 Å². The molecule has 0 atom stereocenters. The molecule has 6 heteroatoms. The second kappa shape index (κ2) is 10.9. The van der Waals surface area contributed by atoms with Gasteiger partial charge in [-0.3, -0.25) is 9.79 Å². The number of hydrogen-bond acceptors (Lipinski definition) is 2. The molecule has 0 spiro atoms. The monoisotopic (exact) mass is 412 g/mol. The van der Waals surface area contributed by atoms with Crippen LogP contribution in [0.2, 0.25) is 5.02 Å². The summed E-state index contributed by atoms with van der Waals surface area (Å²) in [5, 5.41) is 7.41. The SMILES string of the molecule is CN=C(NCCc1ccccc1Cl)NCc1ccc(C(=O)N2CCCCC2)cc1. The van der Waals surface area contributed by atoms with E-state index >= 15 is 0 Å². The molecule has 2 aromatic rings. The molecule has 1 aliphatic heterocycles. The van der Waals surface area contributed by atoms with Crippen LogP contribution in [0.15, 0.2) is 53.5 Å². The molecule has 0 bridgehead atoms. The lowest BCUT2D eigenvalue weighted by molar-refractivity contribution is 0.0724. The molecular formula is C23H29ClN4O. The van der Waals surface area contributed by atoms with E-state index in [1.807, 2.05) is 53.4 Å². The number of carbonyl (C=O) groups is 1. The number of likely N-dealkylation sites (tertiary alicyclic amines) is 1. The van der Waals surface area contributed by atoms with E-state index in [0.29, 0.717) is 6.54 Å². The van der Waals surface area contributed by atoms with Gasteiger partial charge in [-0.05, 0) is 55.0 Å². The van der Waals surface area contributed by atoms with Crippen molar-refractivity contribution in [1.29, 1.82) is 0 Å². The first kappa shape index (κ1) is 21.2. The Labute approximate surface area is 178 Å². The minimum absolute atomic E-state index is 0.140. The molecule has 0 unspecified atom stereocenters. The van der Waals surface area contributed by atoms with E-state index < -0.39 is 0 Å². The number of carbonyl (C=O) groups excluding carboxylic acids is 1. The Morgan fingerprint density at radius 3 is 2.45 bits per heavy atom. The van der Waals surface area contributed by atoms with E-state index in [1.54, 1.807) is 7.05 Å². The van der Waals surface area contributed by atoms with Gasteiger partial charge in [0.05, 0.1) is 0 Å². The maximum absolute atomic E-state index is 12.6. The van der Waals surface area contributed by atoms with Crippen LogP contribution in [0, 0.1) is 0 Å². The van der Waals surface area contributed by atoms with Crippen molar-refractivity contribution in [2.45, 2.75) is 32.2 Å². The molecule has 1 aliphatic rings. The highest BCUT2D eigenvalue weighted by atomic mass is 35.5. The number of halogens is 1. The number of amides is 1. The normalized spacial score (nSPS) is 14.6. The van der Waals surface area contributed by atoms with Gasteiger partial charge in [-0.2, -0.15) is 0 Å². The van der Waals surface area contributed by atoms with E-state index in [-0.39, 0.29) is 5.91 Å². The third kappa shape index (κ3) is 6.23. The van der Waals surface area contributed by atoms with Crippen molar-refractivity contribution in [3.8, 4) is 0 Å². The van der Waals surface area contributed by atoms with E-state index in [9.17, 15) is 4.79 Å². The maximum atomic E-state index is 12.6. The Bertz CT molecular complexity index is 829. The van der Waals surface area contributed by atoms with Crippen LogP contribution in [0.1, 0.15) is 40.7 Å². The van der Waals surface area contributed by atoms with E-state index in [1.165, 1.54) is 6.42 Å². The summed E-state index contributed by atoms with van der Waals surface area (Å²) in [5.41, 5.74) is 2.98. The topological polar surface area (TPSA) is 56.7 Å². The van der Waals surface area contributed by atoms with E-state index in [2.05, 4.69) is 15.6 Å². The summed E-state index contributed by atoms with van der Waals surface area (Å²) >= 11 is 6.20. The van der Waals surface area contributed by atoms with Gasteiger partial charge in [-0.1, -0.05) is 41.9 Å². The molecule has 5 nitrogen and oxygen atoms in total. The number of piperidine rings is 1. The van der Waals surface area contributed by atoms with Crippen molar-refractivity contribution in [2.75, 3.05) is 26.7 Å². The Kier molecular flexibility index (Phi) is 7.94. The number of aliphatic imine (C=N–C) groups is 1. The predicted molar refractivity (Wildman–Crippen MR) is 120 cm³/mol. The van der Waals surface area contributed by atoms with Gasteiger partial charge in [-0.15, -0.1) is 0 Å². The average Bonchev–Trinajstić information content (AvgIpc) is 2.78. The molecule has 1 heterocycles. The number of benzene rings is 2. The fraction of sp³-hybridized carbons (Fsp3) is 0.391. The van der Waals surface area contributed by atoms with Crippen molar-refractivity contribution in [3.63, 3.8) is 0 Å². The number of nitrogens with zero attached hydrogens (tertiary/aromatic N) is 2. The lowest BCUT2D eigenvalue weighted by Gasteiger charge is -2.26. The summed E-state index contributed by atoms with van der Waals surface area (Å²) < 4.78 is 0. The largest absolute Gasteiger partial charge is 0.356 e. The molecule has 2 aromatic carbocycles. The Morgan fingerprint density at radius 1 is 1.03 bits per heavy atom. The summed E-state index contributed by atoms with van der Waals surface area (Å²) in [5.74, 6) is 0.881. The second-order valence-electron chi connectivity index (χ2n) is 7.24. The molecule has 154 valence electrons. The minimum atomic E-state index is 0.140.